The highest BCUT2D eigenvalue weighted by atomic mass is 32.2. The summed E-state index contributed by atoms with van der Waals surface area (Å²) in [6.07, 6.45) is 10.9. The molecule has 0 amide bonds. The molecule has 2 aliphatic heterocycles. The lowest BCUT2D eigenvalue weighted by Crippen LogP contribution is -2.43. The molecule has 0 saturated heterocycles. The van der Waals surface area contributed by atoms with Crippen LogP contribution < -0.4 is 0 Å². The van der Waals surface area contributed by atoms with E-state index in [2.05, 4.69) is 60.4 Å². The number of hydrogen-bond acceptors (Lipinski definition) is 2. The van der Waals surface area contributed by atoms with Crippen molar-refractivity contribution in [2.45, 2.75) is 43.2 Å². The highest BCUT2D eigenvalue weighted by Gasteiger charge is 2.28. The van der Waals surface area contributed by atoms with E-state index in [0.717, 1.165) is 12.6 Å². The number of allylic oxidation sites excluding steroid dienone is 1. The Morgan fingerprint density at radius 3 is 2.84 bits per heavy atom. The fraction of sp³-hybridized carbons (Fsp3) is 0.412. The average Bonchev–Trinajstić information content (AvgIpc) is 2.65. The van der Waals surface area contributed by atoms with Crippen LogP contribution in [0.25, 0.3) is 0 Å². The summed E-state index contributed by atoms with van der Waals surface area (Å²) in [5, 5.41) is 0. The predicted octanol–water partition coefficient (Wildman–Crippen LogP) is 4.48. The van der Waals surface area contributed by atoms with Crippen LogP contribution in [0.15, 0.2) is 58.4 Å². The molecular formula is C17H21NS. The van der Waals surface area contributed by atoms with Crippen LogP contribution in [0.5, 0.6) is 0 Å². The molecule has 0 radical (unpaired) electrons. The molecule has 1 aromatic carbocycles. The fourth-order valence-corrected chi connectivity index (χ4v) is 4.15. The lowest BCUT2D eigenvalue weighted by molar-refractivity contribution is 0.173. The van der Waals surface area contributed by atoms with E-state index >= 15 is 0 Å². The third-order valence-corrected chi connectivity index (χ3v) is 5.07. The number of benzene rings is 1. The van der Waals surface area contributed by atoms with Gasteiger partial charge in [0.25, 0.3) is 0 Å². The Kier molecular flexibility index (Phi) is 4.09. The molecule has 1 nitrogen and oxygen atoms in total. The second-order valence-corrected chi connectivity index (χ2v) is 6.59. The number of rotatable bonds is 2. The number of nitrogens with zero attached hydrogens (tertiary/aromatic N) is 1. The van der Waals surface area contributed by atoms with Crippen molar-refractivity contribution in [3.05, 3.63) is 53.5 Å². The Balaban J connectivity index is 1.74. The van der Waals surface area contributed by atoms with Crippen LogP contribution in [-0.2, 0) is 0 Å². The molecule has 1 aromatic rings. The van der Waals surface area contributed by atoms with Crippen molar-refractivity contribution in [2.75, 3.05) is 6.54 Å². The molecule has 0 aliphatic carbocycles. The molecule has 0 N–H and O–H groups in total. The van der Waals surface area contributed by atoms with Crippen LogP contribution in [0.1, 0.15) is 26.2 Å². The lowest BCUT2D eigenvalue weighted by Gasteiger charge is -2.38. The first-order valence-electron chi connectivity index (χ1n) is 7.17. The third-order valence-electron chi connectivity index (χ3n) is 4.00. The summed E-state index contributed by atoms with van der Waals surface area (Å²) < 4.78 is 0. The minimum atomic E-state index is 0.563. The van der Waals surface area contributed by atoms with E-state index in [1.54, 1.807) is 4.91 Å². The van der Waals surface area contributed by atoms with Crippen LogP contribution >= 0.6 is 11.8 Å². The zero-order valence-electron chi connectivity index (χ0n) is 11.5. The van der Waals surface area contributed by atoms with Gasteiger partial charge in [0, 0.05) is 23.5 Å². The van der Waals surface area contributed by atoms with Gasteiger partial charge >= 0.3 is 0 Å². The van der Waals surface area contributed by atoms with Gasteiger partial charge in [-0.25, -0.2) is 0 Å². The molecule has 0 fully saturated rings. The summed E-state index contributed by atoms with van der Waals surface area (Å²) >= 11 is 1.94. The van der Waals surface area contributed by atoms with Gasteiger partial charge in [0.2, 0.25) is 0 Å². The highest BCUT2D eigenvalue weighted by molar-refractivity contribution is 8.03. The van der Waals surface area contributed by atoms with Gasteiger partial charge < -0.3 is 0 Å². The Bertz CT molecular complexity index is 477. The molecule has 0 unspecified atom stereocenters. The fourth-order valence-electron chi connectivity index (χ4n) is 3.02. The van der Waals surface area contributed by atoms with Crippen molar-refractivity contribution < 1.29 is 0 Å². The maximum absolute atomic E-state index is 2.64. The van der Waals surface area contributed by atoms with E-state index in [4.69, 9.17) is 0 Å². The van der Waals surface area contributed by atoms with Crippen molar-refractivity contribution in [2.24, 2.45) is 0 Å². The zero-order chi connectivity index (χ0) is 13.1. The summed E-state index contributed by atoms with van der Waals surface area (Å²) in [6.45, 7) is 3.45. The Morgan fingerprint density at radius 2 is 2.00 bits per heavy atom. The summed E-state index contributed by atoms with van der Waals surface area (Å²) in [4.78, 5) is 5.54. The van der Waals surface area contributed by atoms with Gasteiger partial charge in [-0.05, 0) is 43.2 Å². The van der Waals surface area contributed by atoms with Crippen molar-refractivity contribution in [3.63, 3.8) is 0 Å². The van der Waals surface area contributed by atoms with E-state index in [1.165, 1.54) is 24.2 Å². The number of fused-ring (bicyclic) bond motifs is 1. The second kappa shape index (κ2) is 5.98. The van der Waals surface area contributed by atoms with Crippen LogP contribution in [0.3, 0.4) is 0 Å². The average molecular weight is 271 g/mol. The Labute approximate surface area is 120 Å². The molecule has 2 heteroatoms. The van der Waals surface area contributed by atoms with Gasteiger partial charge in [0.1, 0.15) is 0 Å². The molecule has 100 valence electrons. The summed E-state index contributed by atoms with van der Waals surface area (Å²) in [5.41, 5.74) is 0. The molecule has 0 bridgehead atoms. The standard InChI is InChI=1S/C17H21NS/c1-14-12-17(19-16-9-5-2-6-10-16)13-15-8-4-3-7-11-18(14)15/h2-3,5-7,9-10,12,14-15H,4,8,11,13H2,1H3/t14-,15+/m0/s1. The van der Waals surface area contributed by atoms with Gasteiger partial charge in [0.05, 0.1) is 0 Å². The van der Waals surface area contributed by atoms with Gasteiger partial charge in [0.15, 0.2) is 0 Å². The van der Waals surface area contributed by atoms with Crippen LogP contribution in [0.4, 0.5) is 0 Å². The van der Waals surface area contributed by atoms with E-state index in [1.807, 2.05) is 11.8 Å². The molecule has 0 aromatic heterocycles. The van der Waals surface area contributed by atoms with Crippen LogP contribution in [-0.4, -0.2) is 23.5 Å². The first-order valence-corrected chi connectivity index (χ1v) is 7.99. The van der Waals surface area contributed by atoms with Gasteiger partial charge in [-0.3, -0.25) is 4.90 Å². The van der Waals surface area contributed by atoms with E-state index in [9.17, 15) is 0 Å². The van der Waals surface area contributed by atoms with Crippen molar-refractivity contribution in [1.29, 1.82) is 0 Å². The molecular weight excluding hydrogens is 250 g/mol. The largest absolute Gasteiger partial charge is 0.290 e. The van der Waals surface area contributed by atoms with Gasteiger partial charge in [-0.15, -0.1) is 0 Å². The molecule has 2 aliphatic rings. The molecule has 2 heterocycles. The summed E-state index contributed by atoms with van der Waals surface area (Å²) in [6, 6.07) is 12.0. The van der Waals surface area contributed by atoms with E-state index < -0.39 is 0 Å². The van der Waals surface area contributed by atoms with Gasteiger partial charge in [-0.1, -0.05) is 48.2 Å². The lowest BCUT2D eigenvalue weighted by atomic mass is 10.00. The monoisotopic (exact) mass is 271 g/mol. The number of hydrogen-bond donors (Lipinski definition) is 0. The topological polar surface area (TPSA) is 3.24 Å². The number of thioether (sulfide) groups is 1. The van der Waals surface area contributed by atoms with Crippen LogP contribution in [0.2, 0.25) is 0 Å². The quantitative estimate of drug-likeness (QED) is 0.730. The molecule has 0 spiro atoms. The van der Waals surface area contributed by atoms with E-state index in [-0.39, 0.29) is 0 Å². The van der Waals surface area contributed by atoms with Crippen molar-refractivity contribution in [3.8, 4) is 0 Å². The first kappa shape index (κ1) is 13.0. The maximum atomic E-state index is 2.64. The van der Waals surface area contributed by atoms with Crippen molar-refractivity contribution in [1.82, 2.24) is 4.90 Å². The minimum Gasteiger partial charge on any atom is -0.290 e. The van der Waals surface area contributed by atoms with Crippen molar-refractivity contribution >= 4 is 11.8 Å². The molecule has 0 saturated carbocycles. The SMILES string of the molecule is C[C@H]1C=C(Sc2ccccc2)C[C@H]2CCC=CCN21. The second-order valence-electron chi connectivity index (χ2n) is 5.39. The Morgan fingerprint density at radius 1 is 1.16 bits per heavy atom. The zero-order valence-corrected chi connectivity index (χ0v) is 12.3. The minimum absolute atomic E-state index is 0.563. The molecule has 2 atom stereocenters. The Hall–Kier alpha value is -0.990. The maximum Gasteiger partial charge on any atom is 0.0266 e. The molecule has 3 rings (SSSR count). The van der Waals surface area contributed by atoms with Gasteiger partial charge in [-0.2, -0.15) is 0 Å². The first-order chi connectivity index (χ1) is 9.33. The predicted molar refractivity (Wildman–Crippen MR) is 83.3 cm³/mol. The normalized spacial score (nSPS) is 27.5. The van der Waals surface area contributed by atoms with E-state index in [0.29, 0.717) is 6.04 Å². The smallest absolute Gasteiger partial charge is 0.0266 e. The highest BCUT2D eigenvalue weighted by Crippen LogP contribution is 2.36. The summed E-state index contributed by atoms with van der Waals surface area (Å²) in [7, 11) is 0. The third kappa shape index (κ3) is 3.13. The molecule has 19 heavy (non-hydrogen) atoms. The van der Waals surface area contributed by atoms with Crippen LogP contribution in [0, 0.1) is 0 Å². The summed E-state index contributed by atoms with van der Waals surface area (Å²) in [5.74, 6) is 0.